The van der Waals surface area contributed by atoms with Gasteiger partial charge in [0, 0.05) is 5.56 Å². The third-order valence-corrected chi connectivity index (χ3v) is 3.33. The van der Waals surface area contributed by atoms with Gasteiger partial charge < -0.3 is 10.1 Å². The summed E-state index contributed by atoms with van der Waals surface area (Å²) in [5, 5.41) is 3.53. The highest BCUT2D eigenvalue weighted by Crippen LogP contribution is 2.27. The van der Waals surface area contributed by atoms with E-state index in [0.717, 1.165) is 0 Å². The first-order chi connectivity index (χ1) is 10.9. The lowest BCUT2D eigenvalue weighted by molar-refractivity contribution is 0.0537. The number of nitrogens with zero attached hydrogens (tertiary/aromatic N) is 1. The fourth-order valence-electron chi connectivity index (χ4n) is 1.75. The van der Waals surface area contributed by atoms with Crippen molar-refractivity contribution in [3.8, 4) is 5.75 Å². The van der Waals surface area contributed by atoms with Gasteiger partial charge in [0.2, 0.25) is 0 Å². The molecule has 0 unspecified atom stereocenters. The number of halogens is 1. The van der Waals surface area contributed by atoms with Crippen LogP contribution in [-0.4, -0.2) is 25.8 Å². The molecule has 2 N–H and O–H groups in total. The van der Waals surface area contributed by atoms with Gasteiger partial charge in [0.15, 0.2) is 0 Å². The number of ether oxygens (including phenoxy) is 1. The lowest BCUT2D eigenvalue weighted by Gasteiger charge is -2.13. The summed E-state index contributed by atoms with van der Waals surface area (Å²) in [7, 11) is 2.90. The number of rotatable bonds is 7. The number of benzene rings is 1. The molecule has 0 fully saturated rings. The van der Waals surface area contributed by atoms with Gasteiger partial charge in [0.25, 0.3) is 5.91 Å². The van der Waals surface area contributed by atoms with Crippen LogP contribution in [0.5, 0.6) is 5.75 Å². The maximum absolute atomic E-state index is 11.8. The molecule has 1 aromatic carbocycles. The topological polar surface area (TPSA) is 72.0 Å². The molecule has 0 atom stereocenters. The Bertz CT molecular complexity index is 654. The van der Waals surface area contributed by atoms with Crippen molar-refractivity contribution in [2.45, 2.75) is 13.8 Å². The molecule has 0 aliphatic heterocycles. The molecule has 6 nitrogen and oxygen atoms in total. The maximum Gasteiger partial charge on any atom is 0.274 e. The van der Waals surface area contributed by atoms with E-state index in [1.165, 1.54) is 14.2 Å². The molecule has 0 aliphatic rings. The second kappa shape index (κ2) is 8.97. The van der Waals surface area contributed by atoms with E-state index in [-0.39, 0.29) is 5.91 Å². The Morgan fingerprint density at radius 3 is 2.65 bits per heavy atom. The van der Waals surface area contributed by atoms with Gasteiger partial charge in [-0.3, -0.25) is 9.63 Å². The number of hydroxylamine groups is 1. The van der Waals surface area contributed by atoms with Crippen LogP contribution >= 0.6 is 11.6 Å². The largest absolute Gasteiger partial charge is 0.495 e. The summed E-state index contributed by atoms with van der Waals surface area (Å²) < 4.78 is 5.26. The summed E-state index contributed by atoms with van der Waals surface area (Å²) in [4.78, 5) is 20.7. The highest BCUT2D eigenvalue weighted by atomic mass is 35.5. The number of carbonyl (C=O) groups is 1. The smallest absolute Gasteiger partial charge is 0.274 e. The number of anilines is 1. The summed E-state index contributed by atoms with van der Waals surface area (Å²) in [6.45, 7) is 7.42. The molecule has 124 valence electrons. The average Bonchev–Trinajstić information content (AvgIpc) is 2.53. The van der Waals surface area contributed by atoms with Crippen molar-refractivity contribution in [2.24, 2.45) is 4.99 Å². The van der Waals surface area contributed by atoms with Crippen molar-refractivity contribution in [1.82, 2.24) is 5.48 Å². The van der Waals surface area contributed by atoms with Crippen molar-refractivity contribution in [2.75, 3.05) is 19.5 Å². The zero-order valence-corrected chi connectivity index (χ0v) is 14.3. The van der Waals surface area contributed by atoms with Gasteiger partial charge in [0.05, 0.1) is 30.7 Å². The van der Waals surface area contributed by atoms with Crippen LogP contribution in [0.15, 0.2) is 46.7 Å². The molecule has 0 aliphatic carbocycles. The summed E-state index contributed by atoms with van der Waals surface area (Å²) in [6.07, 6.45) is 1.74. The van der Waals surface area contributed by atoms with Gasteiger partial charge in [-0.1, -0.05) is 24.3 Å². The maximum atomic E-state index is 11.8. The van der Waals surface area contributed by atoms with Crippen molar-refractivity contribution in [3.63, 3.8) is 0 Å². The fourth-order valence-corrected chi connectivity index (χ4v) is 1.79. The van der Waals surface area contributed by atoms with Crippen LogP contribution in [0.1, 0.15) is 24.2 Å². The molecule has 0 aromatic heterocycles. The van der Waals surface area contributed by atoms with E-state index >= 15 is 0 Å². The van der Waals surface area contributed by atoms with E-state index < -0.39 is 0 Å². The van der Waals surface area contributed by atoms with Crippen molar-refractivity contribution in [1.29, 1.82) is 0 Å². The fraction of sp³-hybridized carbons (Fsp3) is 0.250. The third kappa shape index (κ3) is 5.43. The Morgan fingerprint density at radius 2 is 2.09 bits per heavy atom. The van der Waals surface area contributed by atoms with E-state index in [1.54, 1.807) is 31.2 Å². The van der Waals surface area contributed by atoms with E-state index in [9.17, 15) is 4.79 Å². The minimum absolute atomic E-state index is 0.366. The van der Waals surface area contributed by atoms with E-state index in [1.807, 2.05) is 6.92 Å². The molecule has 0 saturated carbocycles. The van der Waals surface area contributed by atoms with Gasteiger partial charge in [0.1, 0.15) is 11.6 Å². The predicted octanol–water partition coefficient (Wildman–Crippen LogP) is 3.47. The quantitative estimate of drug-likeness (QED) is 0.590. The van der Waals surface area contributed by atoms with Crippen LogP contribution in [-0.2, 0) is 4.84 Å². The number of aliphatic imine (C=N–C) groups is 1. The van der Waals surface area contributed by atoms with Crippen molar-refractivity contribution in [3.05, 3.63) is 47.3 Å². The Morgan fingerprint density at radius 1 is 1.39 bits per heavy atom. The Kier molecular flexibility index (Phi) is 7.31. The molecule has 23 heavy (non-hydrogen) atoms. The predicted molar refractivity (Wildman–Crippen MR) is 93.0 cm³/mol. The molecule has 1 rings (SSSR count). The highest BCUT2D eigenvalue weighted by Gasteiger charge is 2.11. The summed E-state index contributed by atoms with van der Waals surface area (Å²) >= 11 is 5.99. The molecular weight excluding hydrogens is 318 g/mol. The third-order valence-electron chi connectivity index (χ3n) is 2.84. The van der Waals surface area contributed by atoms with Crippen LogP contribution in [0, 0.1) is 0 Å². The molecule has 0 saturated heterocycles. The van der Waals surface area contributed by atoms with Gasteiger partial charge in [-0.05, 0) is 32.0 Å². The first-order valence-corrected chi connectivity index (χ1v) is 7.15. The number of amides is 1. The number of allylic oxidation sites excluding steroid dienone is 2. The van der Waals surface area contributed by atoms with Gasteiger partial charge in [-0.2, -0.15) is 0 Å². The summed E-state index contributed by atoms with van der Waals surface area (Å²) in [6, 6.07) is 4.89. The van der Waals surface area contributed by atoms with Gasteiger partial charge in [-0.25, -0.2) is 10.5 Å². The standard InChI is InChI=1S/C16H20ClN3O3/c1-6-13(17)10(2)18-11(3)19-14-9-12(16(21)20-23-5)7-8-15(14)22-4/h6-9,19H,3H2,1-2,4-5H3,(H,20,21)/b13-6+,18-10-. The summed E-state index contributed by atoms with van der Waals surface area (Å²) in [5.74, 6) is 0.538. The average molecular weight is 338 g/mol. The second-order valence-electron chi connectivity index (χ2n) is 4.46. The molecule has 0 heterocycles. The number of hydrogen-bond acceptors (Lipinski definition) is 5. The lowest BCUT2D eigenvalue weighted by Crippen LogP contribution is -2.21. The van der Waals surface area contributed by atoms with Gasteiger partial charge in [-0.15, -0.1) is 0 Å². The lowest BCUT2D eigenvalue weighted by atomic mass is 10.1. The molecular formula is C16H20ClN3O3. The molecule has 0 spiro atoms. The zero-order valence-electron chi connectivity index (χ0n) is 13.6. The Balaban J connectivity index is 3.04. The van der Waals surface area contributed by atoms with Crippen molar-refractivity contribution >= 4 is 28.9 Å². The Labute approximate surface area is 140 Å². The first kappa shape index (κ1) is 18.7. The monoisotopic (exact) mass is 337 g/mol. The number of methoxy groups -OCH3 is 1. The van der Waals surface area contributed by atoms with E-state index in [4.69, 9.17) is 16.3 Å². The molecule has 1 amide bonds. The van der Waals surface area contributed by atoms with Crippen LogP contribution < -0.4 is 15.5 Å². The Hall–Kier alpha value is -2.31. The number of nitrogens with one attached hydrogen (secondary N) is 2. The molecule has 7 heteroatoms. The van der Waals surface area contributed by atoms with Crippen molar-refractivity contribution < 1.29 is 14.4 Å². The minimum atomic E-state index is -0.375. The minimum Gasteiger partial charge on any atom is -0.495 e. The molecule has 1 aromatic rings. The van der Waals surface area contributed by atoms with Crippen LogP contribution in [0.3, 0.4) is 0 Å². The second-order valence-corrected chi connectivity index (χ2v) is 4.86. The number of carbonyl (C=O) groups excluding carboxylic acids is 1. The van der Waals surface area contributed by atoms with Crippen LogP contribution in [0.4, 0.5) is 5.69 Å². The highest BCUT2D eigenvalue weighted by molar-refractivity contribution is 6.43. The van der Waals surface area contributed by atoms with Crippen LogP contribution in [0.25, 0.3) is 0 Å². The normalized spacial score (nSPS) is 11.9. The van der Waals surface area contributed by atoms with Crippen LogP contribution in [0.2, 0.25) is 0 Å². The van der Waals surface area contributed by atoms with E-state index in [2.05, 4.69) is 27.2 Å². The molecule has 0 radical (unpaired) electrons. The first-order valence-electron chi connectivity index (χ1n) is 6.77. The zero-order chi connectivity index (χ0) is 17.4. The molecule has 0 bridgehead atoms. The van der Waals surface area contributed by atoms with E-state index in [0.29, 0.717) is 33.6 Å². The number of hydrogen-bond donors (Lipinski definition) is 2. The summed E-state index contributed by atoms with van der Waals surface area (Å²) in [5.41, 5.74) is 3.82. The SMILES string of the molecule is C=C(/N=C(C)\C(Cl)=C/C)Nc1cc(C(=O)NOC)ccc1OC. The van der Waals surface area contributed by atoms with Gasteiger partial charge >= 0.3 is 0 Å².